The standard InChI is InChI=1S/C21H16N2O/c1-14-7-6-8-15(13-14)16-9-2-3-10-17(16)20-22-19-12-5-4-11-18(19)21(24)23-20/h2-13H,1H3,(H,22,23,24). The van der Waals surface area contributed by atoms with E-state index in [9.17, 15) is 4.79 Å². The van der Waals surface area contributed by atoms with Gasteiger partial charge in [0.05, 0.1) is 10.9 Å². The third kappa shape index (κ3) is 2.50. The Hall–Kier alpha value is -3.20. The molecule has 1 aromatic heterocycles. The van der Waals surface area contributed by atoms with Crippen LogP contribution in [0.5, 0.6) is 0 Å². The SMILES string of the molecule is Cc1cccc(-c2ccccc2-c2nc3ccccc3c(=O)[nH]2)c1. The minimum absolute atomic E-state index is 0.116. The highest BCUT2D eigenvalue weighted by Gasteiger charge is 2.11. The summed E-state index contributed by atoms with van der Waals surface area (Å²) < 4.78 is 0. The predicted octanol–water partition coefficient (Wildman–Crippen LogP) is 4.57. The fourth-order valence-corrected chi connectivity index (χ4v) is 2.97. The summed E-state index contributed by atoms with van der Waals surface area (Å²) in [6, 6.07) is 23.7. The quantitative estimate of drug-likeness (QED) is 0.589. The van der Waals surface area contributed by atoms with Crippen molar-refractivity contribution >= 4 is 10.9 Å². The number of fused-ring (bicyclic) bond motifs is 1. The molecule has 1 N–H and O–H groups in total. The van der Waals surface area contributed by atoms with Crippen molar-refractivity contribution < 1.29 is 0 Å². The van der Waals surface area contributed by atoms with Crippen molar-refractivity contribution in [2.45, 2.75) is 6.92 Å². The Balaban J connectivity index is 1.97. The van der Waals surface area contributed by atoms with Gasteiger partial charge in [-0.2, -0.15) is 0 Å². The smallest absolute Gasteiger partial charge is 0.259 e. The van der Waals surface area contributed by atoms with Gasteiger partial charge >= 0.3 is 0 Å². The van der Waals surface area contributed by atoms with Crippen LogP contribution in [0.2, 0.25) is 0 Å². The molecule has 0 aliphatic carbocycles. The summed E-state index contributed by atoms with van der Waals surface area (Å²) >= 11 is 0. The van der Waals surface area contributed by atoms with E-state index in [0.29, 0.717) is 16.7 Å². The number of hydrogen-bond acceptors (Lipinski definition) is 2. The van der Waals surface area contributed by atoms with Crippen molar-refractivity contribution in [2.75, 3.05) is 0 Å². The van der Waals surface area contributed by atoms with Gasteiger partial charge in [0.25, 0.3) is 5.56 Å². The lowest BCUT2D eigenvalue weighted by atomic mass is 9.98. The molecule has 116 valence electrons. The Kier molecular flexibility index (Phi) is 3.47. The van der Waals surface area contributed by atoms with Crippen molar-refractivity contribution in [1.82, 2.24) is 9.97 Å². The maximum atomic E-state index is 12.4. The molecule has 0 aliphatic rings. The fraction of sp³-hybridized carbons (Fsp3) is 0.0476. The first-order valence-corrected chi connectivity index (χ1v) is 7.88. The molecule has 0 spiro atoms. The van der Waals surface area contributed by atoms with Crippen LogP contribution in [0.4, 0.5) is 0 Å². The first kappa shape index (κ1) is 14.4. The number of para-hydroxylation sites is 1. The first-order valence-electron chi connectivity index (χ1n) is 7.88. The molecule has 4 rings (SSSR count). The van der Waals surface area contributed by atoms with E-state index in [1.165, 1.54) is 5.56 Å². The van der Waals surface area contributed by atoms with E-state index in [0.717, 1.165) is 16.7 Å². The highest BCUT2D eigenvalue weighted by molar-refractivity contribution is 5.84. The summed E-state index contributed by atoms with van der Waals surface area (Å²) in [6.45, 7) is 2.07. The topological polar surface area (TPSA) is 45.8 Å². The minimum atomic E-state index is -0.116. The summed E-state index contributed by atoms with van der Waals surface area (Å²) in [5.74, 6) is 0.593. The molecule has 1 heterocycles. The number of rotatable bonds is 2. The van der Waals surface area contributed by atoms with Crippen molar-refractivity contribution in [3.05, 3.63) is 88.7 Å². The van der Waals surface area contributed by atoms with Crippen molar-refractivity contribution in [1.29, 1.82) is 0 Å². The zero-order chi connectivity index (χ0) is 16.5. The van der Waals surface area contributed by atoms with Gasteiger partial charge in [0.15, 0.2) is 0 Å². The zero-order valence-electron chi connectivity index (χ0n) is 13.3. The normalized spacial score (nSPS) is 10.9. The lowest BCUT2D eigenvalue weighted by molar-refractivity contribution is 1.18. The second-order valence-corrected chi connectivity index (χ2v) is 5.85. The number of aryl methyl sites for hydroxylation is 1. The number of nitrogens with zero attached hydrogens (tertiary/aromatic N) is 1. The van der Waals surface area contributed by atoms with E-state index in [2.05, 4.69) is 41.2 Å². The Morgan fingerprint density at radius 3 is 2.42 bits per heavy atom. The molecular formula is C21H16N2O. The van der Waals surface area contributed by atoms with Crippen LogP contribution in [-0.4, -0.2) is 9.97 Å². The van der Waals surface area contributed by atoms with E-state index in [1.54, 1.807) is 6.07 Å². The van der Waals surface area contributed by atoms with Gasteiger partial charge in [-0.15, -0.1) is 0 Å². The van der Waals surface area contributed by atoms with Crippen LogP contribution in [0.3, 0.4) is 0 Å². The number of benzene rings is 3. The third-order valence-corrected chi connectivity index (χ3v) is 4.12. The molecule has 0 bridgehead atoms. The van der Waals surface area contributed by atoms with Crippen molar-refractivity contribution in [3.63, 3.8) is 0 Å². The summed E-state index contributed by atoms with van der Waals surface area (Å²) in [4.78, 5) is 20.0. The number of hydrogen-bond donors (Lipinski definition) is 1. The maximum Gasteiger partial charge on any atom is 0.259 e. The highest BCUT2D eigenvalue weighted by atomic mass is 16.1. The average Bonchev–Trinajstić information content (AvgIpc) is 2.62. The molecular weight excluding hydrogens is 296 g/mol. The monoisotopic (exact) mass is 312 g/mol. The molecule has 3 aromatic carbocycles. The fourth-order valence-electron chi connectivity index (χ4n) is 2.97. The van der Waals surface area contributed by atoms with E-state index < -0.39 is 0 Å². The van der Waals surface area contributed by atoms with Crippen molar-refractivity contribution in [3.8, 4) is 22.5 Å². The molecule has 0 fully saturated rings. The molecule has 4 aromatic rings. The van der Waals surface area contributed by atoms with Crippen LogP contribution in [0.1, 0.15) is 5.56 Å². The Morgan fingerprint density at radius 1 is 0.833 bits per heavy atom. The Morgan fingerprint density at radius 2 is 1.58 bits per heavy atom. The number of aromatic nitrogens is 2. The van der Waals surface area contributed by atoms with Gasteiger partial charge < -0.3 is 4.98 Å². The molecule has 0 unspecified atom stereocenters. The number of aromatic amines is 1. The predicted molar refractivity (Wildman–Crippen MR) is 98.0 cm³/mol. The molecule has 0 atom stereocenters. The zero-order valence-corrected chi connectivity index (χ0v) is 13.3. The maximum absolute atomic E-state index is 12.4. The van der Waals surface area contributed by atoms with Gasteiger partial charge in [0.2, 0.25) is 0 Å². The summed E-state index contributed by atoms with van der Waals surface area (Å²) in [5, 5.41) is 0.606. The van der Waals surface area contributed by atoms with Crippen LogP contribution in [-0.2, 0) is 0 Å². The Labute approximate surface area is 139 Å². The van der Waals surface area contributed by atoms with E-state index in [4.69, 9.17) is 0 Å². The largest absolute Gasteiger partial charge is 0.306 e. The number of H-pyrrole nitrogens is 1. The van der Waals surface area contributed by atoms with Gasteiger partial charge in [-0.1, -0.05) is 66.2 Å². The van der Waals surface area contributed by atoms with Crippen LogP contribution in [0.25, 0.3) is 33.4 Å². The molecule has 24 heavy (non-hydrogen) atoms. The molecule has 0 saturated carbocycles. The molecule has 0 amide bonds. The third-order valence-electron chi connectivity index (χ3n) is 4.12. The van der Waals surface area contributed by atoms with Crippen molar-refractivity contribution in [2.24, 2.45) is 0 Å². The second kappa shape index (κ2) is 5.78. The molecule has 0 saturated heterocycles. The van der Waals surface area contributed by atoms with Crippen LogP contribution in [0.15, 0.2) is 77.6 Å². The van der Waals surface area contributed by atoms with Gasteiger partial charge in [0.1, 0.15) is 5.82 Å². The first-order chi connectivity index (χ1) is 11.7. The lowest BCUT2D eigenvalue weighted by Crippen LogP contribution is -2.09. The second-order valence-electron chi connectivity index (χ2n) is 5.85. The highest BCUT2D eigenvalue weighted by Crippen LogP contribution is 2.30. The van der Waals surface area contributed by atoms with Gasteiger partial charge in [-0.25, -0.2) is 4.98 Å². The van der Waals surface area contributed by atoms with E-state index >= 15 is 0 Å². The summed E-state index contributed by atoms with van der Waals surface area (Å²) in [6.07, 6.45) is 0. The molecule has 3 heteroatoms. The van der Waals surface area contributed by atoms with Gasteiger partial charge in [-0.05, 0) is 30.2 Å². The Bertz CT molecular complexity index is 1100. The summed E-state index contributed by atoms with van der Waals surface area (Å²) in [7, 11) is 0. The van der Waals surface area contributed by atoms with E-state index in [-0.39, 0.29) is 5.56 Å². The van der Waals surface area contributed by atoms with Gasteiger partial charge in [0, 0.05) is 5.56 Å². The van der Waals surface area contributed by atoms with Gasteiger partial charge in [-0.3, -0.25) is 4.79 Å². The molecule has 0 aliphatic heterocycles. The van der Waals surface area contributed by atoms with Crippen LogP contribution >= 0.6 is 0 Å². The molecule has 3 nitrogen and oxygen atoms in total. The van der Waals surface area contributed by atoms with Crippen LogP contribution < -0.4 is 5.56 Å². The molecule has 0 radical (unpaired) electrons. The average molecular weight is 312 g/mol. The number of nitrogens with one attached hydrogen (secondary N) is 1. The lowest BCUT2D eigenvalue weighted by Gasteiger charge is -2.10. The van der Waals surface area contributed by atoms with Crippen LogP contribution in [0, 0.1) is 6.92 Å². The van der Waals surface area contributed by atoms with E-state index in [1.807, 2.05) is 42.5 Å². The summed E-state index contributed by atoms with van der Waals surface area (Å²) in [5.41, 5.74) is 4.87. The minimum Gasteiger partial charge on any atom is -0.306 e.